The van der Waals surface area contributed by atoms with Crippen molar-refractivity contribution in [1.82, 2.24) is 5.32 Å². The Bertz CT molecular complexity index is 1960. The van der Waals surface area contributed by atoms with Gasteiger partial charge in [-0.1, -0.05) is 333 Å². The lowest BCUT2D eigenvalue weighted by molar-refractivity contribution is -0.379. The van der Waals surface area contributed by atoms with Crippen LogP contribution in [0.5, 0.6) is 0 Å². The van der Waals surface area contributed by atoms with Crippen LogP contribution in [0.2, 0.25) is 0 Å². The molecule has 1 amide bonds. The molecule has 0 saturated carbocycles. The molecule has 17 atom stereocenters. The third kappa shape index (κ3) is 43.0. The molecule has 3 fully saturated rings. The fourth-order valence-corrected chi connectivity index (χ4v) is 14.2. The molecule has 0 aromatic carbocycles. The van der Waals surface area contributed by atoms with Gasteiger partial charge < -0.3 is 89.9 Å². The van der Waals surface area contributed by atoms with Gasteiger partial charge in [0.1, 0.15) is 73.2 Å². The summed E-state index contributed by atoms with van der Waals surface area (Å²) in [6.45, 7) is 1.74. The van der Waals surface area contributed by atoms with Crippen molar-refractivity contribution in [2.45, 2.75) is 452 Å². The van der Waals surface area contributed by atoms with Crippen molar-refractivity contribution < 1.29 is 89.4 Å². The average molecular weight is 1440 g/mol. The number of aliphatic hydroxyl groups is 11. The van der Waals surface area contributed by atoms with E-state index in [9.17, 15) is 61.0 Å². The Morgan fingerprint density at radius 2 is 0.634 bits per heavy atom. The van der Waals surface area contributed by atoms with Gasteiger partial charge in [-0.3, -0.25) is 4.79 Å². The fourth-order valence-electron chi connectivity index (χ4n) is 14.2. The van der Waals surface area contributed by atoms with Crippen molar-refractivity contribution in [3.63, 3.8) is 0 Å². The Kier molecular flexibility index (Phi) is 58.1. The van der Waals surface area contributed by atoms with E-state index in [2.05, 4.69) is 43.5 Å². The maximum atomic E-state index is 13.5. The topological polar surface area (TPSA) is 307 Å². The molecule has 3 aliphatic rings. The summed E-state index contributed by atoms with van der Waals surface area (Å²) in [6, 6.07) is -0.995. The number of ether oxygens (including phenoxy) is 6. The van der Waals surface area contributed by atoms with Crippen molar-refractivity contribution in [3.05, 3.63) is 36.5 Å². The second kappa shape index (κ2) is 63.0. The zero-order valence-corrected chi connectivity index (χ0v) is 63.7. The molecular formula is C82H153NO18. The molecule has 0 aromatic rings. The van der Waals surface area contributed by atoms with Crippen LogP contribution < -0.4 is 5.32 Å². The van der Waals surface area contributed by atoms with E-state index in [0.717, 1.165) is 44.9 Å². The van der Waals surface area contributed by atoms with Gasteiger partial charge in [-0.25, -0.2) is 0 Å². The van der Waals surface area contributed by atoms with E-state index in [0.29, 0.717) is 12.8 Å². The van der Waals surface area contributed by atoms with Gasteiger partial charge in [0.05, 0.1) is 38.6 Å². The highest BCUT2D eigenvalue weighted by Crippen LogP contribution is 2.33. The first-order valence-electron chi connectivity index (χ1n) is 41.7. The molecular weight excluding hydrogens is 1290 g/mol. The van der Waals surface area contributed by atoms with Crippen molar-refractivity contribution >= 4 is 5.91 Å². The van der Waals surface area contributed by atoms with Gasteiger partial charge in [0.15, 0.2) is 18.9 Å². The zero-order valence-electron chi connectivity index (χ0n) is 63.7. The van der Waals surface area contributed by atoms with Crippen LogP contribution in [0, 0.1) is 0 Å². The largest absolute Gasteiger partial charge is 0.394 e. The summed E-state index contributed by atoms with van der Waals surface area (Å²) in [5.74, 6) is -0.283. The lowest BCUT2D eigenvalue weighted by Gasteiger charge is -2.48. The summed E-state index contributed by atoms with van der Waals surface area (Å²) < 4.78 is 34.4. The molecule has 3 rings (SSSR count). The highest BCUT2D eigenvalue weighted by atomic mass is 16.8. The molecule has 3 heterocycles. The summed E-state index contributed by atoms with van der Waals surface area (Å²) in [6.07, 6.45) is 51.8. The predicted molar refractivity (Wildman–Crippen MR) is 402 cm³/mol. The highest BCUT2D eigenvalue weighted by molar-refractivity contribution is 5.76. The second-order valence-corrected chi connectivity index (χ2v) is 29.9. The molecule has 101 heavy (non-hydrogen) atoms. The number of unbranched alkanes of at least 4 members (excludes halogenated alkanes) is 47. The Morgan fingerprint density at radius 3 is 0.990 bits per heavy atom. The van der Waals surface area contributed by atoms with Gasteiger partial charge in [-0.15, -0.1) is 0 Å². The third-order valence-electron chi connectivity index (χ3n) is 20.9. The van der Waals surface area contributed by atoms with E-state index in [1.54, 1.807) is 6.08 Å². The first kappa shape index (κ1) is 93.2. The Morgan fingerprint density at radius 1 is 0.347 bits per heavy atom. The van der Waals surface area contributed by atoms with E-state index in [-0.39, 0.29) is 18.9 Å². The number of hydrogen-bond donors (Lipinski definition) is 12. The number of aliphatic hydroxyl groups excluding tert-OH is 11. The number of rotatable bonds is 67. The van der Waals surface area contributed by atoms with Crippen LogP contribution in [0.25, 0.3) is 0 Å². The van der Waals surface area contributed by atoms with E-state index < -0.39 is 124 Å². The summed E-state index contributed by atoms with van der Waals surface area (Å²) in [5, 5.41) is 121. The van der Waals surface area contributed by atoms with Crippen LogP contribution in [0.4, 0.5) is 0 Å². The average Bonchev–Trinajstić information content (AvgIpc) is 0.782. The standard InChI is InChI=1S/C82H153NO18/c1-3-5-7-9-11-13-15-17-19-21-22-23-24-25-26-27-28-29-30-31-32-33-34-35-36-37-38-39-40-41-42-44-46-48-50-52-54-56-58-60-70(88)83-65(66(87)59-57-55-53-51-49-47-45-43-20-18-16-14-12-10-8-6-4-2)64-96-80-76(94)73(91)78(68(62-85)98-80)101-82-77(95)74(92)79(69(63-86)99-82)100-81-75(93)72(90)71(89)67(61-84)97-81/h20,43,49,51,57,59,65-69,71-82,84-87,89-95H,3-19,21-42,44-48,50,52-56,58,60-64H2,1-2H3,(H,83,88)/b43-20+,51-49+,59-57+. The smallest absolute Gasteiger partial charge is 0.220 e. The van der Waals surface area contributed by atoms with E-state index in [1.807, 2.05) is 6.08 Å². The normalized spacial score (nSPS) is 26.4. The number of amides is 1. The summed E-state index contributed by atoms with van der Waals surface area (Å²) in [4.78, 5) is 13.5. The molecule has 12 N–H and O–H groups in total. The summed E-state index contributed by atoms with van der Waals surface area (Å²) in [5.41, 5.74) is 0. The molecule has 0 spiro atoms. The minimum absolute atomic E-state index is 0.236. The van der Waals surface area contributed by atoms with Gasteiger partial charge >= 0.3 is 0 Å². The Labute approximate surface area is 612 Å². The SMILES string of the molecule is CCCCCCCCC/C=C/CC/C=C/CC/C=C/C(O)C(COC1OC(CO)C(OC2OC(CO)C(OC3OC(CO)C(O)C(O)C3O)C(O)C2O)C(O)C1O)NC(=O)CCCCCCCCCCCCCCCCCCCCCCCCCCCCCCCCCCCCCCCCC. The van der Waals surface area contributed by atoms with Crippen LogP contribution in [-0.4, -0.2) is 193 Å². The van der Waals surface area contributed by atoms with Crippen molar-refractivity contribution in [1.29, 1.82) is 0 Å². The second-order valence-electron chi connectivity index (χ2n) is 29.9. The fraction of sp³-hybridized carbons (Fsp3) is 0.915. The van der Waals surface area contributed by atoms with Gasteiger partial charge in [-0.2, -0.15) is 0 Å². The summed E-state index contributed by atoms with van der Waals surface area (Å²) >= 11 is 0. The van der Waals surface area contributed by atoms with Gasteiger partial charge in [-0.05, 0) is 44.9 Å². The molecule has 19 heteroatoms. The Balaban J connectivity index is 1.30. The predicted octanol–water partition coefficient (Wildman–Crippen LogP) is 14.3. The lowest BCUT2D eigenvalue weighted by Crippen LogP contribution is -2.66. The van der Waals surface area contributed by atoms with E-state index in [1.165, 1.54) is 270 Å². The number of nitrogens with one attached hydrogen (secondary N) is 1. The number of allylic oxidation sites excluding steroid dienone is 5. The van der Waals surface area contributed by atoms with Crippen molar-refractivity contribution in [2.24, 2.45) is 0 Å². The van der Waals surface area contributed by atoms with Gasteiger partial charge in [0.2, 0.25) is 5.91 Å². The van der Waals surface area contributed by atoms with Crippen molar-refractivity contribution in [3.8, 4) is 0 Å². The molecule has 3 aliphatic heterocycles. The van der Waals surface area contributed by atoms with Gasteiger partial charge in [0, 0.05) is 6.42 Å². The molecule has 594 valence electrons. The van der Waals surface area contributed by atoms with Crippen LogP contribution in [0.15, 0.2) is 36.5 Å². The molecule has 0 bridgehead atoms. The zero-order chi connectivity index (χ0) is 73.2. The minimum Gasteiger partial charge on any atom is -0.394 e. The molecule has 0 aromatic heterocycles. The summed E-state index contributed by atoms with van der Waals surface area (Å²) in [7, 11) is 0. The number of carbonyl (C=O) groups excluding carboxylic acids is 1. The van der Waals surface area contributed by atoms with Crippen LogP contribution in [-0.2, 0) is 33.2 Å². The molecule has 0 aliphatic carbocycles. The van der Waals surface area contributed by atoms with E-state index in [4.69, 9.17) is 28.4 Å². The first-order valence-corrected chi connectivity index (χ1v) is 41.7. The quantitative estimate of drug-likeness (QED) is 0.0199. The highest BCUT2D eigenvalue weighted by Gasteiger charge is 2.54. The van der Waals surface area contributed by atoms with Gasteiger partial charge in [0.25, 0.3) is 0 Å². The number of hydrogen-bond acceptors (Lipinski definition) is 18. The maximum absolute atomic E-state index is 13.5. The van der Waals surface area contributed by atoms with E-state index >= 15 is 0 Å². The third-order valence-corrected chi connectivity index (χ3v) is 20.9. The van der Waals surface area contributed by atoms with Crippen LogP contribution in [0.3, 0.4) is 0 Å². The lowest BCUT2D eigenvalue weighted by atomic mass is 9.96. The number of carbonyl (C=O) groups is 1. The Hall–Kier alpha value is -1.99. The van der Waals surface area contributed by atoms with Crippen LogP contribution >= 0.6 is 0 Å². The molecule has 17 unspecified atom stereocenters. The monoisotopic (exact) mass is 1440 g/mol. The molecule has 3 saturated heterocycles. The maximum Gasteiger partial charge on any atom is 0.220 e. The first-order chi connectivity index (χ1) is 49.3. The minimum atomic E-state index is -1.98. The van der Waals surface area contributed by atoms with Crippen LogP contribution in [0.1, 0.15) is 348 Å². The molecule has 19 nitrogen and oxygen atoms in total. The van der Waals surface area contributed by atoms with Crippen molar-refractivity contribution in [2.75, 3.05) is 26.4 Å². The molecule has 0 radical (unpaired) electrons.